The number of carbonyl (C=O) groups excluding carboxylic acids is 1. The number of anilines is 1. The fourth-order valence-electron chi connectivity index (χ4n) is 2.52. The summed E-state index contributed by atoms with van der Waals surface area (Å²) >= 11 is 0. The lowest BCUT2D eigenvalue weighted by atomic mass is 10.1. The average Bonchev–Trinajstić information content (AvgIpc) is 2.41. The van der Waals surface area contributed by atoms with Gasteiger partial charge in [-0.3, -0.25) is 4.79 Å². The van der Waals surface area contributed by atoms with E-state index in [-0.39, 0.29) is 17.4 Å². The predicted molar refractivity (Wildman–Crippen MR) is 79.3 cm³/mol. The Morgan fingerprint density at radius 2 is 1.65 bits per heavy atom. The number of β-lactam (4-membered cyclic amide) rings is 1. The largest absolute Gasteiger partial charge is 0.312 e. The van der Waals surface area contributed by atoms with Gasteiger partial charge in [0.15, 0.2) is 9.84 Å². The lowest BCUT2D eigenvalue weighted by molar-refractivity contribution is -0.122. The zero-order valence-electron chi connectivity index (χ0n) is 11.2. The van der Waals surface area contributed by atoms with Crippen molar-refractivity contribution in [1.29, 1.82) is 0 Å². The van der Waals surface area contributed by atoms with Gasteiger partial charge in [-0.25, -0.2) is 8.42 Å². The number of rotatable bonds is 2. The van der Waals surface area contributed by atoms with E-state index in [2.05, 4.69) is 6.08 Å². The summed E-state index contributed by atoms with van der Waals surface area (Å²) in [5, 5.41) is 0. The van der Waals surface area contributed by atoms with E-state index in [4.69, 9.17) is 0 Å². The Morgan fingerprint density at radius 3 is 2.15 bits per heavy atom. The quantitative estimate of drug-likeness (QED) is 0.783. The van der Waals surface area contributed by atoms with Crippen LogP contribution >= 0.6 is 0 Å². The van der Waals surface area contributed by atoms with Gasteiger partial charge in [0.25, 0.3) is 0 Å². The normalized spacial score (nSPS) is 21.5. The Labute approximate surface area is 119 Å². The molecule has 4 nitrogen and oxygen atoms in total. The van der Waals surface area contributed by atoms with Gasteiger partial charge < -0.3 is 4.90 Å². The first-order valence-electron chi connectivity index (χ1n) is 6.84. The van der Waals surface area contributed by atoms with Gasteiger partial charge in [0.2, 0.25) is 5.91 Å². The van der Waals surface area contributed by atoms with E-state index in [1.165, 1.54) is 5.57 Å². The molecule has 1 aromatic rings. The molecule has 0 unspecified atom stereocenters. The highest BCUT2D eigenvalue weighted by Gasteiger charge is 2.24. The molecule has 2 heterocycles. The Balaban J connectivity index is 1.71. The Morgan fingerprint density at radius 1 is 1.00 bits per heavy atom. The van der Waals surface area contributed by atoms with Crippen molar-refractivity contribution in [2.45, 2.75) is 19.3 Å². The van der Waals surface area contributed by atoms with Crippen molar-refractivity contribution in [1.82, 2.24) is 0 Å². The second-order valence-electron chi connectivity index (χ2n) is 5.34. The summed E-state index contributed by atoms with van der Waals surface area (Å²) in [5.74, 6) is 0.701. The number of allylic oxidation sites excluding steroid dienone is 1. The van der Waals surface area contributed by atoms with Crippen LogP contribution in [-0.4, -0.2) is 32.4 Å². The van der Waals surface area contributed by atoms with Gasteiger partial charge in [-0.1, -0.05) is 23.8 Å². The number of amides is 1. The van der Waals surface area contributed by atoms with E-state index in [1.54, 1.807) is 4.90 Å². The molecule has 1 amide bonds. The average molecular weight is 291 g/mol. The molecule has 0 N–H and O–H groups in total. The zero-order chi connectivity index (χ0) is 14.2. The summed E-state index contributed by atoms with van der Waals surface area (Å²) in [5.41, 5.74) is 3.19. The number of benzene rings is 1. The summed E-state index contributed by atoms with van der Waals surface area (Å²) < 4.78 is 22.7. The van der Waals surface area contributed by atoms with E-state index >= 15 is 0 Å². The van der Waals surface area contributed by atoms with E-state index in [9.17, 15) is 13.2 Å². The number of hydrogen-bond acceptors (Lipinski definition) is 3. The first kappa shape index (κ1) is 13.4. The van der Waals surface area contributed by atoms with Gasteiger partial charge in [0.05, 0.1) is 11.5 Å². The standard InChI is InChI=1S/C15H17NO3S/c17-15-5-8-16(15)14-3-1-12(2-4-14)11-13-6-9-20(18,19)10-7-13/h1-4,11H,5-10H2. The highest BCUT2D eigenvalue weighted by molar-refractivity contribution is 7.91. The molecule has 20 heavy (non-hydrogen) atoms. The summed E-state index contributed by atoms with van der Waals surface area (Å²) in [7, 11) is -2.81. The smallest absolute Gasteiger partial charge is 0.228 e. The SMILES string of the molecule is O=C1CCN1c1ccc(C=C2CCS(=O)(=O)CC2)cc1. The maximum absolute atomic E-state index is 11.4. The van der Waals surface area contributed by atoms with E-state index in [0.29, 0.717) is 19.3 Å². The highest BCUT2D eigenvalue weighted by atomic mass is 32.2. The first-order valence-corrected chi connectivity index (χ1v) is 8.66. The summed E-state index contributed by atoms with van der Waals surface area (Å²) in [4.78, 5) is 13.1. The second-order valence-corrected chi connectivity index (χ2v) is 7.64. The Hall–Kier alpha value is -1.62. The maximum Gasteiger partial charge on any atom is 0.228 e. The third-order valence-corrected chi connectivity index (χ3v) is 5.55. The molecule has 0 bridgehead atoms. The van der Waals surface area contributed by atoms with Crippen LogP contribution in [0, 0.1) is 0 Å². The summed E-state index contributed by atoms with van der Waals surface area (Å²) in [6.45, 7) is 0.803. The van der Waals surface area contributed by atoms with Crippen molar-refractivity contribution < 1.29 is 13.2 Å². The van der Waals surface area contributed by atoms with Crippen LogP contribution in [0.2, 0.25) is 0 Å². The third kappa shape index (κ3) is 2.77. The van der Waals surface area contributed by atoms with Gasteiger partial charge in [0, 0.05) is 18.7 Å². The fraction of sp³-hybridized carbons (Fsp3) is 0.400. The molecule has 5 heteroatoms. The van der Waals surface area contributed by atoms with Crippen molar-refractivity contribution in [2.75, 3.05) is 23.0 Å². The minimum absolute atomic E-state index is 0.175. The number of hydrogen-bond donors (Lipinski definition) is 0. The third-order valence-electron chi connectivity index (χ3n) is 3.89. The molecule has 2 saturated heterocycles. The molecule has 106 valence electrons. The van der Waals surface area contributed by atoms with Crippen molar-refractivity contribution in [3.8, 4) is 0 Å². The van der Waals surface area contributed by atoms with Gasteiger partial charge in [-0.15, -0.1) is 0 Å². The molecule has 1 aromatic carbocycles. The lowest BCUT2D eigenvalue weighted by Gasteiger charge is -2.30. The maximum atomic E-state index is 11.4. The van der Waals surface area contributed by atoms with Crippen LogP contribution in [0.1, 0.15) is 24.8 Å². The van der Waals surface area contributed by atoms with Crippen LogP contribution in [0.4, 0.5) is 5.69 Å². The monoisotopic (exact) mass is 291 g/mol. The molecule has 0 saturated carbocycles. The predicted octanol–water partition coefficient (Wildman–Crippen LogP) is 2.02. The highest BCUT2D eigenvalue weighted by Crippen LogP contribution is 2.24. The molecule has 0 aromatic heterocycles. The van der Waals surface area contributed by atoms with Gasteiger partial charge in [-0.05, 0) is 30.5 Å². The zero-order valence-corrected chi connectivity index (χ0v) is 12.0. The molecule has 0 radical (unpaired) electrons. The topological polar surface area (TPSA) is 54.5 Å². The molecule has 2 fully saturated rings. The van der Waals surface area contributed by atoms with Crippen molar-refractivity contribution >= 4 is 27.5 Å². The van der Waals surface area contributed by atoms with Gasteiger partial charge in [0.1, 0.15) is 0 Å². The van der Waals surface area contributed by atoms with Crippen molar-refractivity contribution in [2.24, 2.45) is 0 Å². The number of carbonyl (C=O) groups is 1. The van der Waals surface area contributed by atoms with Crippen LogP contribution in [0.15, 0.2) is 29.8 Å². The first-order chi connectivity index (χ1) is 9.53. The Bertz CT molecular complexity index is 643. The molecule has 0 spiro atoms. The minimum atomic E-state index is -2.81. The van der Waals surface area contributed by atoms with Crippen molar-refractivity contribution in [3.63, 3.8) is 0 Å². The van der Waals surface area contributed by atoms with Crippen LogP contribution in [0.3, 0.4) is 0 Å². The van der Waals surface area contributed by atoms with Crippen LogP contribution in [0.25, 0.3) is 6.08 Å². The van der Waals surface area contributed by atoms with Crippen molar-refractivity contribution in [3.05, 3.63) is 35.4 Å². The van der Waals surface area contributed by atoms with Gasteiger partial charge >= 0.3 is 0 Å². The molecule has 2 aliphatic heterocycles. The molecule has 0 atom stereocenters. The summed E-state index contributed by atoms with van der Waals surface area (Å²) in [6, 6.07) is 7.86. The van der Waals surface area contributed by atoms with Crippen LogP contribution in [0.5, 0.6) is 0 Å². The van der Waals surface area contributed by atoms with Crippen LogP contribution in [-0.2, 0) is 14.6 Å². The minimum Gasteiger partial charge on any atom is -0.312 e. The van der Waals surface area contributed by atoms with E-state index in [0.717, 1.165) is 17.8 Å². The fourth-order valence-corrected chi connectivity index (χ4v) is 3.87. The molecular weight excluding hydrogens is 274 g/mol. The van der Waals surface area contributed by atoms with E-state index < -0.39 is 9.84 Å². The molecular formula is C15H17NO3S. The summed E-state index contributed by atoms with van der Waals surface area (Å²) in [6.07, 6.45) is 3.97. The lowest BCUT2D eigenvalue weighted by Crippen LogP contribution is -2.43. The molecule has 0 aliphatic carbocycles. The van der Waals surface area contributed by atoms with Gasteiger partial charge in [-0.2, -0.15) is 0 Å². The number of sulfone groups is 1. The molecule has 2 aliphatic rings. The van der Waals surface area contributed by atoms with Crippen LogP contribution < -0.4 is 4.90 Å². The molecule has 3 rings (SSSR count). The Kier molecular flexibility index (Phi) is 3.38. The van der Waals surface area contributed by atoms with E-state index in [1.807, 2.05) is 24.3 Å². The second kappa shape index (κ2) is 5.05. The number of nitrogens with zero attached hydrogens (tertiary/aromatic N) is 1.